The fourth-order valence-corrected chi connectivity index (χ4v) is 2.70. The summed E-state index contributed by atoms with van der Waals surface area (Å²) in [7, 11) is 0. The third-order valence-corrected chi connectivity index (χ3v) is 4.24. The van der Waals surface area contributed by atoms with Gasteiger partial charge in [0.25, 0.3) is 0 Å². The third-order valence-electron chi connectivity index (χ3n) is 3.99. The molecule has 1 saturated carbocycles. The molecule has 20 heavy (non-hydrogen) atoms. The van der Waals surface area contributed by atoms with Gasteiger partial charge in [0.05, 0.1) is 6.61 Å². The number of rotatable bonds is 4. The lowest BCUT2D eigenvalue weighted by Crippen LogP contribution is -2.56. The molecule has 4 nitrogen and oxygen atoms in total. The van der Waals surface area contributed by atoms with Crippen molar-refractivity contribution >= 4 is 17.5 Å². The second-order valence-electron chi connectivity index (χ2n) is 5.75. The highest BCUT2D eigenvalue weighted by atomic mass is 35.5. The van der Waals surface area contributed by atoms with Crippen LogP contribution in [0.5, 0.6) is 0 Å². The average molecular weight is 295 g/mol. The van der Waals surface area contributed by atoms with E-state index in [-0.39, 0.29) is 5.91 Å². The lowest BCUT2D eigenvalue weighted by Gasteiger charge is -2.31. The zero-order chi connectivity index (χ0) is 14.2. The van der Waals surface area contributed by atoms with E-state index in [4.69, 9.17) is 22.1 Å². The standard InChI is InChI=1S/C15H19ClN2O2/c16-12-3-1-11(2-4-12)9-18(13-5-6-13)14(19)15(17)7-8-20-10-15/h1-4,13H,5-10,17H2. The topological polar surface area (TPSA) is 55.6 Å². The van der Waals surface area contributed by atoms with E-state index < -0.39 is 5.54 Å². The van der Waals surface area contributed by atoms with Crippen LogP contribution in [-0.4, -0.2) is 35.6 Å². The molecule has 1 aliphatic carbocycles. The molecule has 2 aliphatic rings. The Morgan fingerprint density at radius 2 is 2.10 bits per heavy atom. The molecule has 3 rings (SSSR count). The van der Waals surface area contributed by atoms with Crippen molar-refractivity contribution in [1.29, 1.82) is 0 Å². The maximum absolute atomic E-state index is 12.7. The SMILES string of the molecule is NC1(C(=O)N(Cc2ccc(Cl)cc2)C2CC2)CCOC1. The molecule has 1 unspecified atom stereocenters. The predicted molar refractivity (Wildman–Crippen MR) is 77.4 cm³/mol. The van der Waals surface area contributed by atoms with E-state index in [1.165, 1.54) is 0 Å². The molecule has 2 fully saturated rings. The summed E-state index contributed by atoms with van der Waals surface area (Å²) < 4.78 is 5.31. The van der Waals surface area contributed by atoms with Crippen molar-refractivity contribution < 1.29 is 9.53 Å². The van der Waals surface area contributed by atoms with Crippen molar-refractivity contribution in [2.24, 2.45) is 5.73 Å². The van der Waals surface area contributed by atoms with Gasteiger partial charge in [-0.05, 0) is 37.0 Å². The Balaban J connectivity index is 1.75. The fourth-order valence-electron chi connectivity index (χ4n) is 2.57. The Labute approximate surface area is 123 Å². The lowest BCUT2D eigenvalue weighted by molar-refractivity contribution is -0.138. The number of nitrogens with two attached hydrogens (primary N) is 1. The van der Waals surface area contributed by atoms with Gasteiger partial charge >= 0.3 is 0 Å². The zero-order valence-electron chi connectivity index (χ0n) is 11.3. The molecule has 1 aromatic rings. The van der Waals surface area contributed by atoms with Crippen molar-refractivity contribution in [2.45, 2.75) is 37.4 Å². The van der Waals surface area contributed by atoms with Crippen molar-refractivity contribution in [1.82, 2.24) is 4.90 Å². The van der Waals surface area contributed by atoms with Crippen LogP contribution in [0.15, 0.2) is 24.3 Å². The highest BCUT2D eigenvalue weighted by Gasteiger charge is 2.45. The smallest absolute Gasteiger partial charge is 0.245 e. The molecule has 1 atom stereocenters. The molecule has 0 spiro atoms. The van der Waals surface area contributed by atoms with Gasteiger partial charge in [-0.2, -0.15) is 0 Å². The first-order valence-corrected chi connectivity index (χ1v) is 7.38. The molecular formula is C15H19ClN2O2. The summed E-state index contributed by atoms with van der Waals surface area (Å²) in [4.78, 5) is 14.6. The van der Waals surface area contributed by atoms with Gasteiger partial charge in [-0.15, -0.1) is 0 Å². The summed E-state index contributed by atoms with van der Waals surface area (Å²) in [6.45, 7) is 1.50. The van der Waals surface area contributed by atoms with Crippen LogP contribution in [0.25, 0.3) is 0 Å². The molecule has 1 aromatic carbocycles. The molecule has 1 aliphatic heterocycles. The van der Waals surface area contributed by atoms with Crippen LogP contribution >= 0.6 is 11.6 Å². The number of amides is 1. The Hall–Kier alpha value is -1.10. The number of hydrogen-bond acceptors (Lipinski definition) is 3. The van der Waals surface area contributed by atoms with Gasteiger partial charge in [0.15, 0.2) is 0 Å². The largest absolute Gasteiger partial charge is 0.379 e. The summed E-state index contributed by atoms with van der Waals surface area (Å²) in [5.74, 6) is 0.0208. The molecule has 0 radical (unpaired) electrons. The van der Waals surface area contributed by atoms with Gasteiger partial charge < -0.3 is 15.4 Å². The lowest BCUT2D eigenvalue weighted by atomic mass is 9.98. The highest BCUT2D eigenvalue weighted by molar-refractivity contribution is 6.30. The Morgan fingerprint density at radius 3 is 2.65 bits per heavy atom. The monoisotopic (exact) mass is 294 g/mol. The van der Waals surface area contributed by atoms with E-state index in [2.05, 4.69) is 0 Å². The fraction of sp³-hybridized carbons (Fsp3) is 0.533. The quantitative estimate of drug-likeness (QED) is 0.923. The number of benzene rings is 1. The van der Waals surface area contributed by atoms with Crippen LogP contribution in [0.4, 0.5) is 0 Å². The summed E-state index contributed by atoms with van der Waals surface area (Å²) in [5.41, 5.74) is 6.45. The second-order valence-corrected chi connectivity index (χ2v) is 6.19. The average Bonchev–Trinajstić information content (AvgIpc) is 3.19. The number of carbonyl (C=O) groups is 1. The molecule has 0 aromatic heterocycles. The molecule has 0 bridgehead atoms. The van der Waals surface area contributed by atoms with Gasteiger partial charge in [-0.3, -0.25) is 4.79 Å². The van der Waals surface area contributed by atoms with Crippen LogP contribution < -0.4 is 5.73 Å². The van der Waals surface area contributed by atoms with Gasteiger partial charge in [-0.1, -0.05) is 23.7 Å². The van der Waals surface area contributed by atoms with E-state index in [1.807, 2.05) is 29.2 Å². The minimum atomic E-state index is -0.838. The number of hydrogen-bond donors (Lipinski definition) is 1. The molecule has 5 heteroatoms. The van der Waals surface area contributed by atoms with Crippen molar-refractivity contribution in [3.05, 3.63) is 34.9 Å². The van der Waals surface area contributed by atoms with Gasteiger partial charge in [0.2, 0.25) is 5.91 Å². The summed E-state index contributed by atoms with van der Waals surface area (Å²) >= 11 is 5.89. The van der Waals surface area contributed by atoms with E-state index in [0.717, 1.165) is 18.4 Å². The van der Waals surface area contributed by atoms with Crippen LogP contribution in [0.3, 0.4) is 0 Å². The molecule has 2 N–H and O–H groups in total. The van der Waals surface area contributed by atoms with Crippen molar-refractivity contribution in [2.75, 3.05) is 13.2 Å². The Morgan fingerprint density at radius 1 is 1.40 bits per heavy atom. The first-order chi connectivity index (χ1) is 9.58. The number of carbonyl (C=O) groups excluding carboxylic acids is 1. The second kappa shape index (κ2) is 5.35. The predicted octanol–water partition coefficient (Wildman–Crippen LogP) is 1.95. The van der Waals surface area contributed by atoms with E-state index in [1.54, 1.807) is 0 Å². The summed E-state index contributed by atoms with van der Waals surface area (Å²) in [6.07, 6.45) is 2.74. The number of ether oxygens (including phenoxy) is 1. The molecule has 108 valence electrons. The molecular weight excluding hydrogens is 276 g/mol. The summed E-state index contributed by atoms with van der Waals surface area (Å²) in [5, 5.41) is 0.706. The highest BCUT2D eigenvalue weighted by Crippen LogP contribution is 2.32. The minimum absolute atomic E-state index is 0.0208. The zero-order valence-corrected chi connectivity index (χ0v) is 12.1. The Bertz CT molecular complexity index is 493. The molecule has 1 saturated heterocycles. The van der Waals surface area contributed by atoms with Crippen LogP contribution in [-0.2, 0) is 16.1 Å². The van der Waals surface area contributed by atoms with Crippen LogP contribution in [0, 0.1) is 0 Å². The summed E-state index contributed by atoms with van der Waals surface area (Å²) in [6, 6.07) is 7.95. The molecule has 1 heterocycles. The van der Waals surface area contributed by atoms with Gasteiger partial charge in [-0.25, -0.2) is 0 Å². The van der Waals surface area contributed by atoms with Crippen molar-refractivity contribution in [3.63, 3.8) is 0 Å². The minimum Gasteiger partial charge on any atom is -0.379 e. The maximum atomic E-state index is 12.7. The van der Waals surface area contributed by atoms with Gasteiger partial charge in [0, 0.05) is 24.2 Å². The van der Waals surface area contributed by atoms with Crippen LogP contribution in [0.2, 0.25) is 5.02 Å². The first-order valence-electron chi connectivity index (χ1n) is 7.01. The molecule has 1 amide bonds. The van der Waals surface area contributed by atoms with Gasteiger partial charge in [0.1, 0.15) is 5.54 Å². The normalized spacial score (nSPS) is 25.7. The maximum Gasteiger partial charge on any atom is 0.245 e. The van der Waals surface area contributed by atoms with Crippen molar-refractivity contribution in [3.8, 4) is 0 Å². The first kappa shape index (κ1) is 13.9. The van der Waals surface area contributed by atoms with E-state index in [9.17, 15) is 4.79 Å². The van der Waals surface area contributed by atoms with E-state index in [0.29, 0.717) is 37.2 Å². The Kier molecular flexibility index (Phi) is 3.71. The van der Waals surface area contributed by atoms with Crippen LogP contribution in [0.1, 0.15) is 24.8 Å². The number of halogens is 1. The third kappa shape index (κ3) is 2.82. The van der Waals surface area contributed by atoms with E-state index >= 15 is 0 Å². The number of nitrogens with zero attached hydrogens (tertiary/aromatic N) is 1.